The molecule has 0 aliphatic carbocycles. The smallest absolute Gasteiger partial charge is 0.135 e. The van der Waals surface area contributed by atoms with Crippen molar-refractivity contribution in [3.8, 4) is 5.82 Å². The van der Waals surface area contributed by atoms with E-state index in [0.717, 1.165) is 77.9 Å². The van der Waals surface area contributed by atoms with Gasteiger partial charge in [-0.2, -0.15) is 42.6 Å². The Hall–Kier alpha value is -5.44. The molecular formula is C54H51N4Pt-3. The van der Waals surface area contributed by atoms with E-state index in [2.05, 4.69) is 193 Å². The van der Waals surface area contributed by atoms with Crippen LogP contribution < -0.4 is 9.80 Å². The Morgan fingerprint density at radius 3 is 1.86 bits per heavy atom. The first-order chi connectivity index (χ1) is 29.0. The van der Waals surface area contributed by atoms with Crippen molar-refractivity contribution in [1.82, 2.24) is 9.55 Å². The molecule has 0 unspecified atom stereocenters. The zero-order valence-electron chi connectivity index (χ0n) is 38.0. The first-order valence-corrected chi connectivity index (χ1v) is 20.1. The fraction of sp³-hybridized carbons (Fsp3) is 0.222. The van der Waals surface area contributed by atoms with Crippen LogP contribution in [-0.2, 0) is 37.3 Å². The van der Waals surface area contributed by atoms with Crippen LogP contribution in [0.2, 0.25) is 0 Å². The summed E-state index contributed by atoms with van der Waals surface area (Å²) < 4.78 is 28.0. The number of aromatic nitrogens is 2. The average molecular weight is 954 g/mol. The predicted molar refractivity (Wildman–Crippen MR) is 243 cm³/mol. The van der Waals surface area contributed by atoms with Crippen molar-refractivity contribution in [1.29, 1.82) is 0 Å². The SMILES string of the molecule is [2H]C([2H])([2H])N1[CH-]N(c2[c-]c(C(c3[c-]c4c(cc3)c3ccccc3n4-c3cc(C(C)(C)C)ccn3)(c3ccccc3)c3ccccc3)cc(C(C)(C)C)c2)c2cc(C)c(C)cc21.[Pt]. The van der Waals surface area contributed by atoms with Gasteiger partial charge in [0, 0.05) is 53.7 Å². The number of benzene rings is 6. The average Bonchev–Trinajstić information content (AvgIpc) is 3.77. The van der Waals surface area contributed by atoms with Crippen molar-refractivity contribution in [2.24, 2.45) is 0 Å². The molecule has 5 heteroatoms. The third-order valence-corrected chi connectivity index (χ3v) is 12.0. The van der Waals surface area contributed by atoms with E-state index in [9.17, 15) is 0 Å². The third kappa shape index (κ3) is 6.80. The maximum absolute atomic E-state index is 8.56. The second-order valence-corrected chi connectivity index (χ2v) is 17.8. The first-order valence-electron chi connectivity index (χ1n) is 21.6. The molecule has 0 saturated heterocycles. The molecular weight excluding hydrogens is 900 g/mol. The van der Waals surface area contributed by atoms with Crippen molar-refractivity contribution in [2.75, 3.05) is 16.8 Å². The summed E-state index contributed by atoms with van der Waals surface area (Å²) in [5.41, 5.74) is 11.3. The molecule has 9 rings (SSSR count). The molecule has 1 aliphatic heterocycles. The molecule has 300 valence electrons. The zero-order chi connectivity index (χ0) is 43.1. The molecule has 6 aromatic carbocycles. The minimum absolute atomic E-state index is 0. The van der Waals surface area contributed by atoms with Crippen molar-refractivity contribution in [2.45, 2.75) is 71.6 Å². The van der Waals surface area contributed by atoms with Gasteiger partial charge in [0.25, 0.3) is 0 Å². The molecule has 0 spiro atoms. The Morgan fingerprint density at radius 1 is 0.593 bits per heavy atom. The summed E-state index contributed by atoms with van der Waals surface area (Å²) >= 11 is 0. The molecule has 1 aliphatic rings. The normalized spacial score (nSPS) is 14.2. The fourth-order valence-electron chi connectivity index (χ4n) is 8.59. The van der Waals surface area contributed by atoms with Crippen LogP contribution in [0, 0.1) is 32.6 Å². The van der Waals surface area contributed by atoms with Gasteiger partial charge in [-0.05, 0) is 95.2 Å². The predicted octanol–water partition coefficient (Wildman–Crippen LogP) is 13.1. The van der Waals surface area contributed by atoms with Crippen molar-refractivity contribution >= 4 is 38.9 Å². The number of pyridine rings is 1. The standard InChI is InChI=1S/C54H51N4.Pt/c1-36-28-49-50(29-37(36)2)57(35-56(49)9)44-31-42(53(6,7)8)30-43(32-44)54(38-18-12-10-13-19-38,39-20-14-11-15-21-39)41-24-25-46-45-22-16-17-23-47(45)58(48(46)33-41)51-34-40(26-27-55-51)52(3,4)5;/h10-31,34-35H,1-9H3;/q-3;/i9D3;. The van der Waals surface area contributed by atoms with Gasteiger partial charge in [-0.1, -0.05) is 126 Å². The number of para-hydroxylation sites is 1. The molecule has 0 fully saturated rings. The number of nitrogens with zero attached hydrogens (tertiary/aromatic N) is 4. The maximum atomic E-state index is 8.56. The van der Waals surface area contributed by atoms with E-state index < -0.39 is 12.4 Å². The van der Waals surface area contributed by atoms with E-state index in [1.807, 2.05) is 24.1 Å². The van der Waals surface area contributed by atoms with E-state index in [0.29, 0.717) is 5.69 Å². The van der Waals surface area contributed by atoms with E-state index in [1.165, 1.54) is 10.5 Å². The number of fused-ring (bicyclic) bond motifs is 4. The molecule has 2 aromatic heterocycles. The second-order valence-electron chi connectivity index (χ2n) is 17.8. The van der Waals surface area contributed by atoms with E-state index in [-0.39, 0.29) is 31.9 Å². The summed E-state index contributed by atoms with van der Waals surface area (Å²) in [6, 6.07) is 55.2. The Labute approximate surface area is 369 Å². The maximum Gasteiger partial charge on any atom is 0.135 e. The minimum atomic E-state index is -2.39. The number of aryl methyl sites for hydroxylation is 2. The minimum Gasteiger partial charge on any atom is -0.504 e. The van der Waals surface area contributed by atoms with Crippen LogP contribution in [0.15, 0.2) is 140 Å². The van der Waals surface area contributed by atoms with Gasteiger partial charge in [-0.25, -0.2) is 4.98 Å². The van der Waals surface area contributed by atoms with Crippen LogP contribution in [0.5, 0.6) is 0 Å². The number of rotatable bonds is 6. The monoisotopic (exact) mass is 953 g/mol. The molecule has 4 nitrogen and oxygen atoms in total. The van der Waals surface area contributed by atoms with Gasteiger partial charge in [0.05, 0.1) is 0 Å². The second kappa shape index (κ2) is 15.0. The topological polar surface area (TPSA) is 24.3 Å². The van der Waals surface area contributed by atoms with Gasteiger partial charge in [0.15, 0.2) is 0 Å². The van der Waals surface area contributed by atoms with Crippen LogP contribution in [0.4, 0.5) is 17.1 Å². The first kappa shape index (κ1) is 36.6. The van der Waals surface area contributed by atoms with E-state index >= 15 is 0 Å². The van der Waals surface area contributed by atoms with Gasteiger partial charge in [-0.15, -0.1) is 28.3 Å². The number of hydrogen-bond acceptors (Lipinski definition) is 3. The number of hydrogen-bond donors (Lipinski definition) is 0. The Balaban J connectivity index is 0.00000529. The van der Waals surface area contributed by atoms with Gasteiger partial charge in [0.2, 0.25) is 0 Å². The van der Waals surface area contributed by atoms with Gasteiger partial charge < -0.3 is 14.4 Å². The summed E-state index contributed by atoms with van der Waals surface area (Å²) in [7, 11) is 0. The molecule has 0 amide bonds. The zero-order valence-corrected chi connectivity index (χ0v) is 37.2. The van der Waals surface area contributed by atoms with Crippen LogP contribution in [-0.4, -0.2) is 16.5 Å². The molecule has 0 radical (unpaired) electrons. The van der Waals surface area contributed by atoms with E-state index in [4.69, 9.17) is 9.10 Å². The third-order valence-electron chi connectivity index (χ3n) is 12.0. The van der Waals surface area contributed by atoms with Crippen molar-refractivity contribution in [3.63, 3.8) is 0 Å². The molecule has 0 bridgehead atoms. The molecule has 3 heterocycles. The Kier molecular flexibility index (Phi) is 9.30. The van der Waals surface area contributed by atoms with Gasteiger partial charge in [-0.3, -0.25) is 0 Å². The van der Waals surface area contributed by atoms with Crippen molar-refractivity contribution < 1.29 is 25.2 Å². The molecule has 0 N–H and O–H groups in total. The summed E-state index contributed by atoms with van der Waals surface area (Å²) in [6.45, 7) is 16.8. The van der Waals surface area contributed by atoms with Crippen molar-refractivity contribution in [3.05, 3.63) is 203 Å². The van der Waals surface area contributed by atoms with Gasteiger partial charge >= 0.3 is 0 Å². The summed E-state index contributed by atoms with van der Waals surface area (Å²) in [6.07, 6.45) is 1.91. The molecule has 8 aromatic rings. The van der Waals surface area contributed by atoms with Crippen LogP contribution in [0.3, 0.4) is 0 Å². The Morgan fingerprint density at radius 2 is 1.22 bits per heavy atom. The van der Waals surface area contributed by atoms with Crippen LogP contribution in [0.25, 0.3) is 27.6 Å². The van der Waals surface area contributed by atoms with Crippen LogP contribution in [0.1, 0.15) is 90.2 Å². The summed E-state index contributed by atoms with van der Waals surface area (Å²) in [5.74, 6) is 0.841. The van der Waals surface area contributed by atoms with Crippen LogP contribution >= 0.6 is 0 Å². The summed E-state index contributed by atoms with van der Waals surface area (Å²) in [4.78, 5) is 8.41. The molecule has 0 atom stereocenters. The van der Waals surface area contributed by atoms with Gasteiger partial charge in [0.1, 0.15) is 5.82 Å². The number of anilines is 3. The quantitative estimate of drug-likeness (QED) is 0.123. The van der Waals surface area contributed by atoms with E-state index in [1.54, 1.807) is 6.67 Å². The summed E-state index contributed by atoms with van der Waals surface area (Å²) in [5, 5.41) is 2.22. The molecule has 0 saturated carbocycles. The fourth-order valence-corrected chi connectivity index (χ4v) is 8.59. The Bertz CT molecular complexity index is 2900. The largest absolute Gasteiger partial charge is 0.504 e. The molecule has 59 heavy (non-hydrogen) atoms.